The van der Waals surface area contributed by atoms with Crippen LogP contribution in [0, 0.1) is 27.7 Å². The fourth-order valence-corrected chi connectivity index (χ4v) is 2.67. The Bertz CT molecular complexity index is 579. The zero-order chi connectivity index (χ0) is 13.3. The van der Waals surface area contributed by atoms with Gasteiger partial charge in [0.05, 0.1) is 4.88 Å². The van der Waals surface area contributed by atoms with E-state index in [4.69, 9.17) is 0 Å². The van der Waals surface area contributed by atoms with Gasteiger partial charge in [0.1, 0.15) is 0 Å². The van der Waals surface area contributed by atoms with E-state index in [1.807, 2.05) is 52.0 Å². The van der Waals surface area contributed by atoms with E-state index >= 15 is 0 Å². The normalized spacial score (nSPS) is 10.4. The number of anilines is 1. The van der Waals surface area contributed by atoms with Gasteiger partial charge >= 0.3 is 0 Å². The zero-order valence-corrected chi connectivity index (χ0v) is 11.9. The lowest BCUT2D eigenvalue weighted by Gasteiger charge is -2.08. The van der Waals surface area contributed by atoms with Crippen molar-refractivity contribution < 1.29 is 4.79 Å². The fraction of sp³-hybridized carbons (Fsp3) is 0.267. The number of thiophene rings is 1. The van der Waals surface area contributed by atoms with E-state index < -0.39 is 0 Å². The van der Waals surface area contributed by atoms with Crippen LogP contribution in [0.5, 0.6) is 0 Å². The minimum absolute atomic E-state index is 0.0232. The van der Waals surface area contributed by atoms with Gasteiger partial charge in [-0.1, -0.05) is 12.1 Å². The Hall–Kier alpha value is -1.61. The average Bonchev–Trinajstić information content (AvgIpc) is 2.64. The van der Waals surface area contributed by atoms with E-state index in [1.54, 1.807) is 0 Å². The molecule has 0 aliphatic rings. The van der Waals surface area contributed by atoms with E-state index in [0.717, 1.165) is 21.7 Å². The van der Waals surface area contributed by atoms with Crippen molar-refractivity contribution in [2.45, 2.75) is 27.7 Å². The number of benzene rings is 1. The average molecular weight is 259 g/mol. The van der Waals surface area contributed by atoms with Crippen LogP contribution in [0.2, 0.25) is 0 Å². The standard InChI is InChI=1S/C15H17NOS/c1-9-5-6-10(2)13(7-9)16-15(17)14-8-11(3)12(4)18-14/h5-8H,1-4H3,(H,16,17). The van der Waals surface area contributed by atoms with Gasteiger partial charge < -0.3 is 5.32 Å². The molecule has 94 valence electrons. The Kier molecular flexibility index (Phi) is 3.53. The van der Waals surface area contributed by atoms with Crippen LogP contribution >= 0.6 is 11.3 Å². The minimum atomic E-state index is -0.0232. The Labute approximate surface area is 112 Å². The van der Waals surface area contributed by atoms with Gasteiger partial charge in [0.2, 0.25) is 0 Å². The van der Waals surface area contributed by atoms with Crippen molar-refractivity contribution in [3.63, 3.8) is 0 Å². The van der Waals surface area contributed by atoms with E-state index in [9.17, 15) is 4.79 Å². The fourth-order valence-electron chi connectivity index (χ4n) is 1.74. The highest BCUT2D eigenvalue weighted by Crippen LogP contribution is 2.23. The second kappa shape index (κ2) is 4.94. The molecule has 0 saturated heterocycles. The van der Waals surface area contributed by atoms with Crippen LogP contribution in [0.25, 0.3) is 0 Å². The Morgan fingerprint density at radius 3 is 2.39 bits per heavy atom. The Morgan fingerprint density at radius 1 is 1.06 bits per heavy atom. The topological polar surface area (TPSA) is 29.1 Å². The summed E-state index contributed by atoms with van der Waals surface area (Å²) in [5.41, 5.74) is 4.29. The molecule has 0 aliphatic heterocycles. The van der Waals surface area contributed by atoms with Crippen LogP contribution in [-0.2, 0) is 0 Å². The van der Waals surface area contributed by atoms with Crippen molar-refractivity contribution in [1.29, 1.82) is 0 Å². The molecule has 2 nitrogen and oxygen atoms in total. The molecule has 2 rings (SSSR count). The smallest absolute Gasteiger partial charge is 0.265 e. The molecule has 0 atom stereocenters. The molecular formula is C15H17NOS. The third-order valence-electron chi connectivity index (χ3n) is 3.03. The number of carbonyl (C=O) groups is 1. The third-order valence-corrected chi connectivity index (χ3v) is 4.18. The van der Waals surface area contributed by atoms with Crippen LogP contribution in [0.4, 0.5) is 5.69 Å². The van der Waals surface area contributed by atoms with Crippen LogP contribution < -0.4 is 5.32 Å². The first-order valence-corrected chi connectivity index (χ1v) is 6.74. The van der Waals surface area contributed by atoms with Gasteiger partial charge in [-0.05, 0) is 56.5 Å². The summed E-state index contributed by atoms with van der Waals surface area (Å²) in [6, 6.07) is 8.02. The molecule has 0 bridgehead atoms. The highest BCUT2D eigenvalue weighted by Gasteiger charge is 2.11. The summed E-state index contributed by atoms with van der Waals surface area (Å²) in [6.07, 6.45) is 0. The summed E-state index contributed by atoms with van der Waals surface area (Å²) in [5, 5.41) is 2.98. The summed E-state index contributed by atoms with van der Waals surface area (Å²) < 4.78 is 0. The van der Waals surface area contributed by atoms with Crippen molar-refractivity contribution in [1.82, 2.24) is 0 Å². The molecule has 1 aromatic carbocycles. The molecule has 0 saturated carbocycles. The largest absolute Gasteiger partial charge is 0.321 e. The minimum Gasteiger partial charge on any atom is -0.321 e. The molecule has 1 N–H and O–H groups in total. The summed E-state index contributed by atoms with van der Waals surface area (Å²) in [5.74, 6) is -0.0232. The molecule has 3 heteroatoms. The van der Waals surface area contributed by atoms with Crippen molar-refractivity contribution in [3.8, 4) is 0 Å². The lowest BCUT2D eigenvalue weighted by molar-refractivity contribution is 0.103. The highest BCUT2D eigenvalue weighted by atomic mass is 32.1. The monoisotopic (exact) mass is 259 g/mol. The van der Waals surface area contributed by atoms with E-state index in [2.05, 4.69) is 5.32 Å². The molecule has 0 unspecified atom stereocenters. The predicted octanol–water partition coefficient (Wildman–Crippen LogP) is 4.23. The molecular weight excluding hydrogens is 242 g/mol. The summed E-state index contributed by atoms with van der Waals surface area (Å²) in [7, 11) is 0. The van der Waals surface area contributed by atoms with Crippen LogP contribution in [0.1, 0.15) is 31.2 Å². The number of hydrogen-bond donors (Lipinski definition) is 1. The van der Waals surface area contributed by atoms with Gasteiger partial charge in [-0.15, -0.1) is 11.3 Å². The number of hydrogen-bond acceptors (Lipinski definition) is 2. The number of aryl methyl sites for hydroxylation is 4. The first-order chi connectivity index (χ1) is 8.47. The lowest BCUT2D eigenvalue weighted by atomic mass is 10.1. The van der Waals surface area contributed by atoms with Crippen molar-refractivity contribution >= 4 is 22.9 Å². The second-order valence-corrected chi connectivity index (χ2v) is 5.88. The van der Waals surface area contributed by atoms with Gasteiger partial charge in [0, 0.05) is 10.6 Å². The molecule has 0 fully saturated rings. The molecule has 0 spiro atoms. The predicted molar refractivity (Wildman–Crippen MR) is 77.7 cm³/mol. The number of carbonyl (C=O) groups excluding carboxylic acids is 1. The second-order valence-electron chi connectivity index (χ2n) is 4.62. The van der Waals surface area contributed by atoms with Gasteiger partial charge in [0.25, 0.3) is 5.91 Å². The quantitative estimate of drug-likeness (QED) is 0.859. The maximum atomic E-state index is 12.1. The Morgan fingerprint density at radius 2 is 1.78 bits per heavy atom. The maximum Gasteiger partial charge on any atom is 0.265 e. The summed E-state index contributed by atoms with van der Waals surface area (Å²) in [6.45, 7) is 8.09. The highest BCUT2D eigenvalue weighted by molar-refractivity contribution is 7.14. The summed E-state index contributed by atoms with van der Waals surface area (Å²) >= 11 is 1.54. The van der Waals surface area contributed by atoms with Crippen molar-refractivity contribution in [2.75, 3.05) is 5.32 Å². The Balaban J connectivity index is 2.23. The SMILES string of the molecule is Cc1ccc(C)c(NC(=O)c2cc(C)c(C)s2)c1. The zero-order valence-electron chi connectivity index (χ0n) is 11.1. The number of rotatable bonds is 2. The van der Waals surface area contributed by atoms with Crippen LogP contribution in [0.3, 0.4) is 0 Å². The molecule has 1 aromatic heterocycles. The first kappa shape index (κ1) is 12.8. The number of nitrogens with one attached hydrogen (secondary N) is 1. The van der Waals surface area contributed by atoms with Crippen LogP contribution in [-0.4, -0.2) is 5.91 Å². The summed E-state index contributed by atoms with van der Waals surface area (Å²) in [4.78, 5) is 14.1. The van der Waals surface area contributed by atoms with Gasteiger partial charge in [0.15, 0.2) is 0 Å². The lowest BCUT2D eigenvalue weighted by Crippen LogP contribution is -2.11. The third kappa shape index (κ3) is 2.62. The van der Waals surface area contributed by atoms with Crippen LogP contribution in [0.15, 0.2) is 24.3 Å². The maximum absolute atomic E-state index is 12.1. The van der Waals surface area contributed by atoms with E-state index in [0.29, 0.717) is 0 Å². The van der Waals surface area contributed by atoms with Gasteiger partial charge in [-0.3, -0.25) is 4.79 Å². The molecule has 18 heavy (non-hydrogen) atoms. The van der Waals surface area contributed by atoms with E-state index in [1.165, 1.54) is 21.8 Å². The molecule has 1 amide bonds. The van der Waals surface area contributed by atoms with Crippen molar-refractivity contribution in [3.05, 3.63) is 50.7 Å². The molecule has 2 aromatic rings. The van der Waals surface area contributed by atoms with Gasteiger partial charge in [-0.2, -0.15) is 0 Å². The molecule has 0 aliphatic carbocycles. The van der Waals surface area contributed by atoms with Gasteiger partial charge in [-0.25, -0.2) is 0 Å². The van der Waals surface area contributed by atoms with E-state index in [-0.39, 0.29) is 5.91 Å². The molecule has 0 radical (unpaired) electrons. The first-order valence-electron chi connectivity index (χ1n) is 5.93. The molecule has 1 heterocycles. The van der Waals surface area contributed by atoms with Crippen molar-refractivity contribution in [2.24, 2.45) is 0 Å². The number of amides is 1.